The highest BCUT2D eigenvalue weighted by atomic mass is 16.3. The van der Waals surface area contributed by atoms with Gasteiger partial charge in [0.2, 0.25) is 0 Å². The lowest BCUT2D eigenvalue weighted by atomic mass is 10.0. The Morgan fingerprint density at radius 2 is 0.786 bits per heavy atom. The highest BCUT2D eigenvalue weighted by Gasteiger charge is 2.19. The molecule has 0 radical (unpaired) electrons. The van der Waals surface area contributed by atoms with E-state index in [9.17, 15) is 0 Å². The summed E-state index contributed by atoms with van der Waals surface area (Å²) in [6, 6.07) is 67.7. The molecule has 3 heterocycles. The molecule has 262 valence electrons. The minimum atomic E-state index is 0.558. The molecule has 56 heavy (non-hydrogen) atoms. The maximum absolute atomic E-state index is 6.75. The van der Waals surface area contributed by atoms with E-state index in [0.29, 0.717) is 17.5 Å². The quantitative estimate of drug-likeness (QED) is 0.182. The monoisotopic (exact) mass is 716 g/mol. The molecule has 0 aliphatic heterocycles. The van der Waals surface area contributed by atoms with E-state index in [1.165, 1.54) is 21.5 Å². The van der Waals surface area contributed by atoms with Crippen molar-refractivity contribution in [3.05, 3.63) is 194 Å². The summed E-state index contributed by atoms with van der Waals surface area (Å²) in [5.74, 6) is 1.78. The van der Waals surface area contributed by atoms with E-state index in [1.54, 1.807) is 0 Å². The van der Waals surface area contributed by atoms with E-state index in [0.717, 1.165) is 66.1 Å². The second-order valence-electron chi connectivity index (χ2n) is 14.0. The third kappa shape index (κ3) is 5.21. The first-order valence-corrected chi connectivity index (χ1v) is 18.8. The molecule has 0 atom stereocenters. The number of fused-ring (bicyclic) bond motifs is 10. The Kier molecular flexibility index (Phi) is 7.42. The molecule has 8 aromatic carbocycles. The Bertz CT molecular complexity index is 3200. The van der Waals surface area contributed by atoms with Crippen molar-refractivity contribution in [3.8, 4) is 39.9 Å². The van der Waals surface area contributed by atoms with E-state index in [2.05, 4.69) is 132 Å². The van der Waals surface area contributed by atoms with Gasteiger partial charge in [0.1, 0.15) is 11.2 Å². The van der Waals surface area contributed by atoms with Crippen molar-refractivity contribution >= 4 is 65.3 Å². The first-order valence-electron chi connectivity index (χ1n) is 18.8. The van der Waals surface area contributed by atoms with Crippen LogP contribution in [0.4, 0.5) is 0 Å². The lowest BCUT2D eigenvalue weighted by Gasteiger charge is -2.14. The zero-order valence-electron chi connectivity index (χ0n) is 30.2. The fourth-order valence-corrected chi connectivity index (χ4v) is 8.14. The molecule has 0 spiro atoms. The second-order valence-corrected chi connectivity index (χ2v) is 14.0. The van der Waals surface area contributed by atoms with Crippen LogP contribution >= 0.6 is 0 Å². The second kappa shape index (κ2) is 13.0. The maximum atomic E-state index is 6.75. The maximum Gasteiger partial charge on any atom is 0.167 e. The lowest BCUT2D eigenvalue weighted by molar-refractivity contribution is 0.669. The Labute approximate surface area is 322 Å². The van der Waals surface area contributed by atoms with Gasteiger partial charge in [-0.1, -0.05) is 158 Å². The molecule has 5 nitrogen and oxygen atoms in total. The lowest BCUT2D eigenvalue weighted by Crippen LogP contribution is -2.00. The number of hydrogen-bond acceptors (Lipinski definition) is 4. The Hall–Kier alpha value is -7.63. The SMILES string of the molecule is c1ccc(-c2nc(-c3ccccc3)nc(-c3cccc4c3oc3ccc(-n5c6ccccc6c6ccccc6c6ccccc6c6ccccc65)cc34)n2)cc1. The molecule has 0 amide bonds. The summed E-state index contributed by atoms with van der Waals surface area (Å²) in [5.41, 5.74) is 7.40. The molecule has 0 unspecified atom stereocenters. The Balaban J connectivity index is 1.20. The number of nitrogens with zero attached hydrogens (tertiary/aromatic N) is 4. The zero-order valence-corrected chi connectivity index (χ0v) is 30.2. The highest BCUT2D eigenvalue weighted by molar-refractivity contribution is 6.19. The van der Waals surface area contributed by atoms with Crippen molar-refractivity contribution in [2.24, 2.45) is 0 Å². The van der Waals surface area contributed by atoms with Crippen molar-refractivity contribution < 1.29 is 4.42 Å². The fraction of sp³-hybridized carbons (Fsp3) is 0. The van der Waals surface area contributed by atoms with Gasteiger partial charge in [-0.2, -0.15) is 0 Å². The van der Waals surface area contributed by atoms with E-state index < -0.39 is 0 Å². The highest BCUT2D eigenvalue weighted by Crippen LogP contribution is 2.39. The summed E-state index contributed by atoms with van der Waals surface area (Å²) in [5, 5.41) is 9.12. The van der Waals surface area contributed by atoms with Gasteiger partial charge in [-0.25, -0.2) is 15.0 Å². The number of rotatable bonds is 4. The van der Waals surface area contributed by atoms with E-state index >= 15 is 0 Å². The first kappa shape index (κ1) is 31.9. The summed E-state index contributed by atoms with van der Waals surface area (Å²) in [4.78, 5) is 15.0. The topological polar surface area (TPSA) is 56.7 Å². The summed E-state index contributed by atoms with van der Waals surface area (Å²) in [6.45, 7) is 0. The van der Waals surface area contributed by atoms with Gasteiger partial charge < -0.3 is 8.98 Å². The molecular weight excluding hydrogens is 685 g/mol. The number of hydrogen-bond donors (Lipinski definition) is 0. The van der Waals surface area contributed by atoms with Crippen LogP contribution in [0.25, 0.3) is 105 Å². The first-order chi connectivity index (χ1) is 27.8. The van der Waals surface area contributed by atoms with Gasteiger partial charge in [0.25, 0.3) is 0 Å². The van der Waals surface area contributed by atoms with Gasteiger partial charge >= 0.3 is 0 Å². The molecule has 0 aliphatic carbocycles. The minimum Gasteiger partial charge on any atom is -0.455 e. The Morgan fingerprint density at radius 1 is 0.339 bits per heavy atom. The normalized spacial score (nSPS) is 11.6. The van der Waals surface area contributed by atoms with Crippen molar-refractivity contribution in [1.29, 1.82) is 0 Å². The predicted octanol–water partition coefficient (Wildman–Crippen LogP) is 13.3. The largest absolute Gasteiger partial charge is 0.455 e. The standard InChI is InChI=1S/C51H32N4O/c1-3-16-33(17-4-1)49-52-50(34-18-5-2-6-19-34)54-51(53-49)43-27-15-26-42-44-32-35(30-31-47(44)56-48(42)43)55-45-28-13-11-24-40(45)38-22-9-7-20-36(38)37-21-8-10-23-39(37)41-25-12-14-29-46(41)55/h1-32H. The number of para-hydroxylation sites is 3. The third-order valence-electron chi connectivity index (χ3n) is 10.7. The van der Waals surface area contributed by atoms with Gasteiger partial charge in [0.05, 0.1) is 16.6 Å². The van der Waals surface area contributed by atoms with Crippen LogP contribution in [0.5, 0.6) is 0 Å². The molecule has 0 bridgehead atoms. The third-order valence-corrected chi connectivity index (χ3v) is 10.7. The minimum absolute atomic E-state index is 0.558. The molecule has 0 N–H and O–H groups in total. The van der Waals surface area contributed by atoms with Crippen molar-refractivity contribution in [2.45, 2.75) is 0 Å². The summed E-state index contributed by atoms with van der Waals surface area (Å²) in [7, 11) is 0. The number of benzene rings is 8. The van der Waals surface area contributed by atoms with Crippen LogP contribution in [-0.4, -0.2) is 19.5 Å². The molecule has 11 rings (SSSR count). The smallest absolute Gasteiger partial charge is 0.167 e. The van der Waals surface area contributed by atoms with Crippen LogP contribution in [0.15, 0.2) is 199 Å². The molecular formula is C51H32N4O. The van der Waals surface area contributed by atoms with E-state index in [4.69, 9.17) is 19.4 Å². The molecule has 5 heteroatoms. The van der Waals surface area contributed by atoms with E-state index in [-0.39, 0.29) is 0 Å². The van der Waals surface area contributed by atoms with Crippen molar-refractivity contribution in [1.82, 2.24) is 19.5 Å². The van der Waals surface area contributed by atoms with Crippen LogP contribution in [0, 0.1) is 0 Å². The summed E-state index contributed by atoms with van der Waals surface area (Å²) in [6.07, 6.45) is 0. The van der Waals surface area contributed by atoms with E-state index in [1.807, 2.05) is 66.7 Å². The van der Waals surface area contributed by atoms with Gasteiger partial charge in [-0.3, -0.25) is 0 Å². The predicted molar refractivity (Wildman–Crippen MR) is 230 cm³/mol. The van der Waals surface area contributed by atoms with Gasteiger partial charge in [-0.15, -0.1) is 0 Å². The number of aromatic nitrogens is 4. The van der Waals surface area contributed by atoms with Crippen LogP contribution in [0.1, 0.15) is 0 Å². The van der Waals surface area contributed by atoms with Gasteiger partial charge in [0, 0.05) is 38.4 Å². The van der Waals surface area contributed by atoms with Crippen molar-refractivity contribution in [3.63, 3.8) is 0 Å². The summed E-state index contributed by atoms with van der Waals surface area (Å²) < 4.78 is 9.15. The van der Waals surface area contributed by atoms with Crippen molar-refractivity contribution in [2.75, 3.05) is 0 Å². The van der Waals surface area contributed by atoms with Crippen LogP contribution in [0.3, 0.4) is 0 Å². The molecule has 11 aromatic rings. The molecule has 0 saturated carbocycles. The molecule has 0 aliphatic rings. The molecule has 3 aromatic heterocycles. The average molecular weight is 717 g/mol. The average Bonchev–Trinajstić information content (AvgIpc) is 3.67. The fourth-order valence-electron chi connectivity index (χ4n) is 8.14. The zero-order chi connectivity index (χ0) is 37.0. The Morgan fingerprint density at radius 3 is 1.34 bits per heavy atom. The molecule has 0 saturated heterocycles. The van der Waals surface area contributed by atoms with Crippen LogP contribution < -0.4 is 0 Å². The number of furan rings is 1. The van der Waals surface area contributed by atoms with Crippen LogP contribution in [0.2, 0.25) is 0 Å². The van der Waals surface area contributed by atoms with Gasteiger partial charge in [0.15, 0.2) is 17.5 Å². The summed E-state index contributed by atoms with van der Waals surface area (Å²) >= 11 is 0. The van der Waals surface area contributed by atoms with Crippen LogP contribution in [-0.2, 0) is 0 Å². The molecule has 0 fully saturated rings. The van der Waals surface area contributed by atoms with Gasteiger partial charge in [-0.05, 0) is 57.9 Å².